The molecule has 0 radical (unpaired) electrons. The van der Waals surface area contributed by atoms with E-state index in [1.54, 1.807) is 0 Å². The third-order valence-corrected chi connectivity index (χ3v) is 6.73. The fourth-order valence-electron chi connectivity index (χ4n) is 4.68. The van der Waals surface area contributed by atoms with Crippen LogP contribution in [0, 0.1) is 12.8 Å². The predicted octanol–water partition coefficient (Wildman–Crippen LogP) is 3.59. The van der Waals surface area contributed by atoms with E-state index in [0.29, 0.717) is 18.4 Å². The van der Waals surface area contributed by atoms with Crippen LogP contribution >= 0.6 is 0 Å². The molecule has 1 saturated carbocycles. The van der Waals surface area contributed by atoms with Crippen molar-refractivity contribution in [1.29, 1.82) is 0 Å². The van der Waals surface area contributed by atoms with Crippen LogP contribution in [-0.4, -0.2) is 43.6 Å². The van der Waals surface area contributed by atoms with Crippen molar-refractivity contribution in [2.45, 2.75) is 45.1 Å². The van der Waals surface area contributed by atoms with Gasteiger partial charge in [0.25, 0.3) is 0 Å². The number of aryl methyl sites for hydroxylation is 1. The first kappa shape index (κ1) is 19.5. The van der Waals surface area contributed by atoms with Crippen LogP contribution in [0.2, 0.25) is 0 Å². The van der Waals surface area contributed by atoms with Gasteiger partial charge >= 0.3 is 0 Å². The van der Waals surface area contributed by atoms with Gasteiger partial charge in [-0.25, -0.2) is 9.97 Å². The minimum Gasteiger partial charge on any atom is -0.370 e. The maximum atomic E-state index is 4.96. The topological polar surface area (TPSA) is 83.6 Å². The summed E-state index contributed by atoms with van der Waals surface area (Å²) in [5.74, 6) is 3.17. The van der Waals surface area contributed by atoms with E-state index in [-0.39, 0.29) is 0 Å². The summed E-state index contributed by atoms with van der Waals surface area (Å²) in [7, 11) is 0. The molecule has 2 fully saturated rings. The van der Waals surface area contributed by atoms with Crippen molar-refractivity contribution < 1.29 is 0 Å². The Morgan fingerprint density at radius 3 is 2.78 bits per heavy atom. The van der Waals surface area contributed by atoms with Gasteiger partial charge < -0.3 is 20.4 Å². The SMILES string of the molecule is Cc1cccn2cc(CNc3cc(NCC4CCNCC4)nc4c(C5CC5)cnn34)nc12. The molecule has 1 aliphatic carbocycles. The van der Waals surface area contributed by atoms with Crippen molar-refractivity contribution >= 4 is 22.9 Å². The molecule has 0 aromatic carbocycles. The third kappa shape index (κ3) is 3.79. The number of nitrogens with zero attached hydrogens (tertiary/aromatic N) is 5. The highest BCUT2D eigenvalue weighted by Crippen LogP contribution is 2.42. The smallest absolute Gasteiger partial charge is 0.163 e. The minimum absolute atomic E-state index is 0.605. The molecular formula is C24H30N8. The van der Waals surface area contributed by atoms with Crippen LogP contribution in [0.3, 0.4) is 0 Å². The fraction of sp³-hybridized carbons (Fsp3) is 0.458. The maximum absolute atomic E-state index is 4.96. The molecule has 4 aromatic rings. The quantitative estimate of drug-likeness (QED) is 0.416. The Hall–Kier alpha value is -3.13. The fourth-order valence-corrected chi connectivity index (χ4v) is 4.68. The summed E-state index contributed by atoms with van der Waals surface area (Å²) >= 11 is 0. The van der Waals surface area contributed by atoms with E-state index < -0.39 is 0 Å². The summed E-state index contributed by atoms with van der Waals surface area (Å²) in [6.45, 7) is 5.90. The van der Waals surface area contributed by atoms with Crippen molar-refractivity contribution in [3.63, 3.8) is 0 Å². The first-order chi connectivity index (χ1) is 15.7. The van der Waals surface area contributed by atoms with Crippen molar-refractivity contribution in [3.05, 3.63) is 53.6 Å². The van der Waals surface area contributed by atoms with Gasteiger partial charge in [0.2, 0.25) is 0 Å². The molecule has 0 atom stereocenters. The Kier molecular flexibility index (Phi) is 4.94. The summed E-state index contributed by atoms with van der Waals surface area (Å²) in [5.41, 5.74) is 5.42. The summed E-state index contributed by atoms with van der Waals surface area (Å²) in [4.78, 5) is 9.76. The second kappa shape index (κ2) is 8.09. The molecule has 8 heteroatoms. The number of hydrogen-bond donors (Lipinski definition) is 3. The van der Waals surface area contributed by atoms with Crippen LogP contribution in [0.25, 0.3) is 11.3 Å². The molecule has 8 nitrogen and oxygen atoms in total. The number of aromatic nitrogens is 5. The molecule has 0 unspecified atom stereocenters. The molecule has 166 valence electrons. The zero-order chi connectivity index (χ0) is 21.5. The molecule has 0 bridgehead atoms. The number of pyridine rings is 1. The molecule has 2 aliphatic rings. The van der Waals surface area contributed by atoms with Crippen molar-refractivity contribution in [2.75, 3.05) is 30.3 Å². The number of piperidine rings is 1. The lowest BCUT2D eigenvalue weighted by molar-refractivity contribution is 0.389. The van der Waals surface area contributed by atoms with Crippen LogP contribution in [-0.2, 0) is 6.54 Å². The average Bonchev–Trinajstić information content (AvgIpc) is 3.42. The Bertz CT molecular complexity index is 1250. The molecule has 1 saturated heterocycles. The Balaban J connectivity index is 1.27. The normalized spacial score (nSPS) is 17.3. The molecule has 4 aromatic heterocycles. The first-order valence-corrected chi connectivity index (χ1v) is 11.7. The lowest BCUT2D eigenvalue weighted by Crippen LogP contribution is -2.31. The van der Waals surface area contributed by atoms with E-state index in [1.807, 2.05) is 16.9 Å². The number of rotatable bonds is 7. The Morgan fingerprint density at radius 1 is 1.09 bits per heavy atom. The van der Waals surface area contributed by atoms with Gasteiger partial charge in [-0.05, 0) is 69.2 Å². The van der Waals surface area contributed by atoms with Crippen LogP contribution in [0.5, 0.6) is 0 Å². The minimum atomic E-state index is 0.605. The van der Waals surface area contributed by atoms with E-state index in [1.165, 1.54) is 36.8 Å². The molecule has 5 heterocycles. The number of nitrogens with one attached hydrogen (secondary N) is 3. The van der Waals surface area contributed by atoms with Gasteiger partial charge in [-0.1, -0.05) is 6.07 Å². The summed E-state index contributed by atoms with van der Waals surface area (Å²) < 4.78 is 4.03. The van der Waals surface area contributed by atoms with E-state index in [9.17, 15) is 0 Å². The van der Waals surface area contributed by atoms with E-state index in [4.69, 9.17) is 9.97 Å². The van der Waals surface area contributed by atoms with Crippen molar-refractivity contribution in [2.24, 2.45) is 5.92 Å². The van der Waals surface area contributed by atoms with Gasteiger partial charge in [0.15, 0.2) is 5.65 Å². The third-order valence-electron chi connectivity index (χ3n) is 6.73. The summed E-state index contributed by atoms with van der Waals surface area (Å²) in [6.07, 6.45) is 11.0. The lowest BCUT2D eigenvalue weighted by Gasteiger charge is -2.23. The lowest BCUT2D eigenvalue weighted by atomic mass is 9.98. The zero-order valence-electron chi connectivity index (χ0n) is 18.5. The Morgan fingerprint density at radius 2 is 1.97 bits per heavy atom. The average molecular weight is 431 g/mol. The molecule has 1 aliphatic heterocycles. The van der Waals surface area contributed by atoms with Crippen LogP contribution in [0.15, 0.2) is 36.8 Å². The largest absolute Gasteiger partial charge is 0.370 e. The van der Waals surface area contributed by atoms with Gasteiger partial charge in [-0.2, -0.15) is 9.61 Å². The Labute approximate surface area is 187 Å². The van der Waals surface area contributed by atoms with Gasteiger partial charge in [0, 0.05) is 30.6 Å². The van der Waals surface area contributed by atoms with Gasteiger partial charge in [-0.15, -0.1) is 0 Å². The molecule has 32 heavy (non-hydrogen) atoms. The zero-order valence-corrected chi connectivity index (χ0v) is 18.5. The van der Waals surface area contributed by atoms with Crippen molar-refractivity contribution in [1.82, 2.24) is 29.3 Å². The molecule has 0 spiro atoms. The first-order valence-electron chi connectivity index (χ1n) is 11.7. The standard InChI is InChI=1S/C24H30N8/c1-16-3-2-10-31-15-19(29-23(16)31)13-27-22-11-21(26-12-17-6-8-25-9-7-17)30-24-20(18-4-5-18)14-28-32(22)24/h2-3,10-11,14-15,17-18,25,27H,4-9,12-13H2,1H3,(H,26,30). The van der Waals surface area contributed by atoms with Crippen LogP contribution in [0.1, 0.15) is 48.4 Å². The molecule has 3 N–H and O–H groups in total. The number of imidazole rings is 1. The van der Waals surface area contributed by atoms with Crippen LogP contribution < -0.4 is 16.0 Å². The number of fused-ring (bicyclic) bond motifs is 2. The monoisotopic (exact) mass is 430 g/mol. The highest BCUT2D eigenvalue weighted by molar-refractivity contribution is 5.61. The molecule has 0 amide bonds. The second-order valence-electron chi connectivity index (χ2n) is 9.22. The van der Waals surface area contributed by atoms with E-state index >= 15 is 0 Å². The molecular weight excluding hydrogens is 400 g/mol. The number of hydrogen-bond acceptors (Lipinski definition) is 6. The van der Waals surface area contributed by atoms with E-state index in [0.717, 1.165) is 48.3 Å². The summed E-state index contributed by atoms with van der Waals surface area (Å²) in [5, 5.41) is 15.3. The molecule has 6 rings (SSSR count). The predicted molar refractivity (Wildman–Crippen MR) is 126 cm³/mol. The highest BCUT2D eigenvalue weighted by atomic mass is 15.3. The van der Waals surface area contributed by atoms with Gasteiger partial charge in [-0.3, -0.25) is 0 Å². The maximum Gasteiger partial charge on any atom is 0.163 e. The van der Waals surface area contributed by atoms with Crippen LogP contribution in [0.4, 0.5) is 11.6 Å². The van der Waals surface area contributed by atoms with Crippen molar-refractivity contribution in [3.8, 4) is 0 Å². The van der Waals surface area contributed by atoms with Gasteiger partial charge in [0.05, 0.1) is 18.4 Å². The van der Waals surface area contributed by atoms with Gasteiger partial charge in [0.1, 0.15) is 17.3 Å². The van der Waals surface area contributed by atoms with E-state index in [2.05, 4.69) is 56.8 Å². The number of anilines is 2. The second-order valence-corrected chi connectivity index (χ2v) is 9.22. The highest BCUT2D eigenvalue weighted by Gasteiger charge is 2.28. The summed E-state index contributed by atoms with van der Waals surface area (Å²) in [6, 6.07) is 6.23.